The Balaban J connectivity index is 1.81. The highest BCUT2D eigenvalue weighted by molar-refractivity contribution is 6.00. The first kappa shape index (κ1) is 17.7. The fraction of sp³-hybridized carbons (Fsp3) is 0.632. The molecule has 1 N–H and O–H groups in total. The summed E-state index contributed by atoms with van der Waals surface area (Å²) < 4.78 is 5.99. The molecule has 6 nitrogen and oxygen atoms in total. The molecule has 0 aromatic rings. The molecule has 0 aromatic carbocycles. The van der Waals surface area contributed by atoms with Crippen molar-refractivity contribution >= 4 is 17.6 Å². The van der Waals surface area contributed by atoms with Gasteiger partial charge in [0.15, 0.2) is 0 Å². The number of carbonyl (C=O) groups is 3. The van der Waals surface area contributed by atoms with Gasteiger partial charge in [0.2, 0.25) is 11.8 Å². The van der Waals surface area contributed by atoms with Crippen LogP contribution in [0.3, 0.4) is 0 Å². The SMILES string of the molecule is CC(=O)CCC(C)C1=C2OCCN(C3CCC(=O)NC3=O)C2=CCC1. The fourth-order valence-corrected chi connectivity index (χ4v) is 3.88. The molecule has 2 unspecified atom stereocenters. The third-order valence-electron chi connectivity index (χ3n) is 5.27. The molecule has 2 saturated heterocycles. The van der Waals surface area contributed by atoms with E-state index in [1.54, 1.807) is 6.92 Å². The largest absolute Gasteiger partial charge is 0.490 e. The zero-order valence-electron chi connectivity index (χ0n) is 15.0. The van der Waals surface area contributed by atoms with Crippen molar-refractivity contribution in [1.82, 2.24) is 10.2 Å². The highest BCUT2D eigenvalue weighted by Crippen LogP contribution is 2.38. The van der Waals surface area contributed by atoms with Crippen molar-refractivity contribution in [2.24, 2.45) is 5.92 Å². The predicted octanol–water partition coefficient (Wildman–Crippen LogP) is 2.06. The minimum absolute atomic E-state index is 0.193. The summed E-state index contributed by atoms with van der Waals surface area (Å²) in [6, 6.07) is -0.310. The van der Waals surface area contributed by atoms with Crippen LogP contribution in [0.5, 0.6) is 0 Å². The molecule has 0 radical (unpaired) electrons. The highest BCUT2D eigenvalue weighted by Gasteiger charge is 2.37. The first-order valence-electron chi connectivity index (χ1n) is 9.13. The molecule has 1 aliphatic carbocycles. The zero-order chi connectivity index (χ0) is 18.0. The average Bonchev–Trinajstić information content (AvgIpc) is 2.59. The van der Waals surface area contributed by atoms with Gasteiger partial charge in [-0.2, -0.15) is 0 Å². The third kappa shape index (κ3) is 3.78. The van der Waals surface area contributed by atoms with E-state index in [1.807, 2.05) is 0 Å². The molecule has 2 fully saturated rings. The second kappa shape index (κ2) is 7.42. The molecule has 136 valence electrons. The smallest absolute Gasteiger partial charge is 0.249 e. The van der Waals surface area contributed by atoms with E-state index in [2.05, 4.69) is 23.2 Å². The molecular formula is C19H26N2O4. The molecule has 0 saturated carbocycles. The van der Waals surface area contributed by atoms with Crippen LogP contribution < -0.4 is 5.32 Å². The Bertz CT molecular complexity index is 650. The predicted molar refractivity (Wildman–Crippen MR) is 92.3 cm³/mol. The van der Waals surface area contributed by atoms with Crippen molar-refractivity contribution in [3.8, 4) is 0 Å². The van der Waals surface area contributed by atoms with Crippen molar-refractivity contribution in [3.63, 3.8) is 0 Å². The molecule has 2 atom stereocenters. The lowest BCUT2D eigenvalue weighted by atomic mass is 9.86. The Morgan fingerprint density at radius 2 is 2.20 bits per heavy atom. The second-order valence-corrected chi connectivity index (χ2v) is 7.13. The van der Waals surface area contributed by atoms with Gasteiger partial charge in [0.25, 0.3) is 0 Å². The Morgan fingerprint density at radius 1 is 1.40 bits per heavy atom. The van der Waals surface area contributed by atoms with Crippen LogP contribution in [0.15, 0.2) is 23.1 Å². The van der Waals surface area contributed by atoms with Gasteiger partial charge in [0.05, 0.1) is 12.2 Å². The number of hydrogen-bond donors (Lipinski definition) is 1. The molecule has 25 heavy (non-hydrogen) atoms. The van der Waals surface area contributed by atoms with E-state index in [9.17, 15) is 14.4 Å². The summed E-state index contributed by atoms with van der Waals surface area (Å²) in [5.74, 6) is 0.970. The molecule has 2 aliphatic heterocycles. The number of morpholine rings is 1. The maximum Gasteiger partial charge on any atom is 0.249 e. The van der Waals surface area contributed by atoms with Crippen molar-refractivity contribution in [3.05, 3.63) is 23.1 Å². The van der Waals surface area contributed by atoms with Gasteiger partial charge in [-0.3, -0.25) is 14.9 Å². The van der Waals surface area contributed by atoms with Crippen LogP contribution in [0.1, 0.15) is 52.4 Å². The summed E-state index contributed by atoms with van der Waals surface area (Å²) >= 11 is 0. The summed E-state index contributed by atoms with van der Waals surface area (Å²) in [5, 5.41) is 2.45. The van der Waals surface area contributed by atoms with Crippen molar-refractivity contribution in [2.75, 3.05) is 13.2 Å². The summed E-state index contributed by atoms with van der Waals surface area (Å²) in [7, 11) is 0. The van der Waals surface area contributed by atoms with Gasteiger partial charge in [0, 0.05) is 12.8 Å². The summed E-state index contributed by atoms with van der Waals surface area (Å²) in [5.41, 5.74) is 2.23. The minimum Gasteiger partial charge on any atom is -0.490 e. The maximum absolute atomic E-state index is 12.3. The standard InChI is InChI=1S/C19H26N2O4/c1-12(6-7-13(2)22)14-4-3-5-15-18(14)25-11-10-21(15)16-8-9-17(23)20-19(16)24/h5,12,16H,3-4,6-11H2,1-2H3,(H,20,23,24). The zero-order valence-corrected chi connectivity index (χ0v) is 15.0. The van der Waals surface area contributed by atoms with E-state index >= 15 is 0 Å². The minimum atomic E-state index is -0.310. The van der Waals surface area contributed by atoms with E-state index in [0.717, 1.165) is 30.7 Å². The molecule has 2 heterocycles. The molecule has 3 aliphatic rings. The molecule has 0 bridgehead atoms. The van der Waals surface area contributed by atoms with E-state index in [1.165, 1.54) is 5.57 Å². The number of ether oxygens (including phenoxy) is 1. The Labute approximate surface area is 148 Å². The molecule has 0 aromatic heterocycles. The van der Waals surface area contributed by atoms with Crippen molar-refractivity contribution in [1.29, 1.82) is 0 Å². The lowest BCUT2D eigenvalue weighted by Gasteiger charge is -2.42. The molecule has 3 rings (SSSR count). The number of ketones is 1. The van der Waals surface area contributed by atoms with Crippen LogP contribution in [0.4, 0.5) is 0 Å². The molecule has 6 heteroatoms. The molecular weight excluding hydrogens is 320 g/mol. The van der Waals surface area contributed by atoms with Crippen molar-refractivity contribution in [2.45, 2.75) is 58.4 Å². The number of carbonyl (C=O) groups excluding carboxylic acids is 3. The summed E-state index contributed by atoms with van der Waals surface area (Å²) in [4.78, 5) is 37.1. The quantitative estimate of drug-likeness (QED) is 0.771. The van der Waals surface area contributed by atoms with Gasteiger partial charge in [-0.15, -0.1) is 0 Å². The monoisotopic (exact) mass is 346 g/mol. The highest BCUT2D eigenvalue weighted by atomic mass is 16.5. The third-order valence-corrected chi connectivity index (χ3v) is 5.27. The normalized spacial score (nSPS) is 25.0. The first-order chi connectivity index (χ1) is 12.0. The molecule has 0 spiro atoms. The summed E-state index contributed by atoms with van der Waals surface area (Å²) in [6.45, 7) is 4.95. The second-order valence-electron chi connectivity index (χ2n) is 7.13. The van der Waals surface area contributed by atoms with Crippen LogP contribution in [0, 0.1) is 5.92 Å². The van der Waals surface area contributed by atoms with Gasteiger partial charge >= 0.3 is 0 Å². The fourth-order valence-electron chi connectivity index (χ4n) is 3.88. The van der Waals surface area contributed by atoms with Crippen LogP contribution >= 0.6 is 0 Å². The maximum atomic E-state index is 12.3. The number of imide groups is 1. The first-order valence-corrected chi connectivity index (χ1v) is 9.13. The van der Waals surface area contributed by atoms with E-state index in [-0.39, 0.29) is 29.6 Å². The number of allylic oxidation sites excluding steroid dienone is 2. The van der Waals surface area contributed by atoms with Gasteiger partial charge in [0.1, 0.15) is 24.2 Å². The van der Waals surface area contributed by atoms with Crippen molar-refractivity contribution < 1.29 is 19.1 Å². The summed E-state index contributed by atoms with van der Waals surface area (Å²) in [6.07, 6.45) is 6.30. The van der Waals surface area contributed by atoms with E-state index < -0.39 is 0 Å². The number of nitrogens with one attached hydrogen (secondary N) is 1. The van der Waals surface area contributed by atoms with Gasteiger partial charge < -0.3 is 14.4 Å². The van der Waals surface area contributed by atoms with Gasteiger partial charge in [-0.25, -0.2) is 0 Å². The number of piperidine rings is 1. The number of rotatable bonds is 5. The van der Waals surface area contributed by atoms with Crippen LogP contribution in [-0.4, -0.2) is 41.7 Å². The number of hydrogen-bond acceptors (Lipinski definition) is 5. The number of fused-ring (bicyclic) bond motifs is 1. The number of amides is 2. The topological polar surface area (TPSA) is 75.7 Å². The van der Waals surface area contributed by atoms with Crippen LogP contribution in [-0.2, 0) is 19.1 Å². The van der Waals surface area contributed by atoms with Crippen LogP contribution in [0.25, 0.3) is 0 Å². The van der Waals surface area contributed by atoms with E-state index in [4.69, 9.17) is 4.74 Å². The lowest BCUT2D eigenvalue weighted by Crippen LogP contribution is -2.54. The Morgan fingerprint density at radius 3 is 2.92 bits per heavy atom. The molecule has 2 amide bonds. The van der Waals surface area contributed by atoms with Gasteiger partial charge in [-0.05, 0) is 44.1 Å². The van der Waals surface area contributed by atoms with Gasteiger partial charge in [-0.1, -0.05) is 13.0 Å². The van der Waals surface area contributed by atoms with E-state index in [0.29, 0.717) is 32.4 Å². The Kier molecular flexibility index (Phi) is 5.25. The number of Topliss-reactive ketones (excluding diaryl/α,β-unsaturated/α-hetero) is 1. The van der Waals surface area contributed by atoms with Crippen LogP contribution in [0.2, 0.25) is 0 Å². The average molecular weight is 346 g/mol. The lowest BCUT2D eigenvalue weighted by molar-refractivity contribution is -0.137. The number of nitrogens with zero attached hydrogens (tertiary/aromatic N) is 1. The Hall–Kier alpha value is -2.11.